The molecule has 0 saturated carbocycles. The molecule has 0 radical (unpaired) electrons. The van der Waals surface area contributed by atoms with Gasteiger partial charge in [0.1, 0.15) is 5.82 Å². The molecule has 1 saturated heterocycles. The Bertz CT molecular complexity index is 795. The van der Waals surface area contributed by atoms with Gasteiger partial charge in [0.15, 0.2) is 0 Å². The lowest BCUT2D eigenvalue weighted by Gasteiger charge is -2.32. The molecule has 7 heteroatoms. The maximum Gasteiger partial charge on any atom is 0.225 e. The molecule has 1 aromatic carbocycles. The Balaban J connectivity index is 1.51. The van der Waals surface area contributed by atoms with Crippen LogP contribution < -0.4 is 5.32 Å². The molecule has 1 N–H and O–H groups in total. The fourth-order valence-electron chi connectivity index (χ4n) is 3.07. The number of likely N-dealkylation sites (tertiary alicyclic amines) is 1. The van der Waals surface area contributed by atoms with Gasteiger partial charge in [-0.25, -0.2) is 4.39 Å². The highest BCUT2D eigenvalue weighted by Gasteiger charge is 2.29. The smallest absolute Gasteiger partial charge is 0.225 e. The van der Waals surface area contributed by atoms with Gasteiger partial charge in [0.2, 0.25) is 11.8 Å². The minimum atomic E-state index is -0.279. The van der Waals surface area contributed by atoms with Crippen molar-refractivity contribution < 1.29 is 14.0 Å². The second kappa shape index (κ2) is 8.64. The number of amides is 2. The molecule has 1 aromatic heterocycles. The summed E-state index contributed by atoms with van der Waals surface area (Å²) in [5.41, 5.74) is 0.846. The van der Waals surface area contributed by atoms with E-state index in [-0.39, 0.29) is 23.5 Å². The van der Waals surface area contributed by atoms with Crippen molar-refractivity contribution >= 4 is 34.8 Å². The van der Waals surface area contributed by atoms with Crippen molar-refractivity contribution in [3.05, 3.63) is 57.0 Å². The first-order valence-electron chi connectivity index (χ1n) is 8.55. The number of nitrogens with zero attached hydrogens (tertiary/aromatic N) is 1. The molecule has 1 aliphatic rings. The zero-order valence-corrected chi connectivity index (χ0v) is 15.8. The molecule has 138 valence electrons. The Morgan fingerprint density at radius 3 is 2.92 bits per heavy atom. The zero-order valence-electron chi connectivity index (χ0n) is 14.2. The van der Waals surface area contributed by atoms with E-state index in [1.165, 1.54) is 23.5 Å². The van der Waals surface area contributed by atoms with Gasteiger partial charge in [0.25, 0.3) is 0 Å². The van der Waals surface area contributed by atoms with Gasteiger partial charge >= 0.3 is 0 Å². The van der Waals surface area contributed by atoms with E-state index in [0.29, 0.717) is 43.2 Å². The maximum absolute atomic E-state index is 13.3. The average Bonchev–Trinajstić information content (AvgIpc) is 3.04. The summed E-state index contributed by atoms with van der Waals surface area (Å²) in [6.07, 6.45) is 1.50. The number of piperidine rings is 1. The van der Waals surface area contributed by atoms with E-state index in [2.05, 4.69) is 5.32 Å². The molecule has 0 bridgehead atoms. The maximum atomic E-state index is 13.3. The van der Waals surface area contributed by atoms with Crippen LogP contribution in [-0.2, 0) is 22.6 Å². The van der Waals surface area contributed by atoms with E-state index in [1.54, 1.807) is 17.0 Å². The average molecular weight is 395 g/mol. The van der Waals surface area contributed by atoms with E-state index in [4.69, 9.17) is 11.6 Å². The highest BCUT2D eigenvalue weighted by atomic mass is 35.5. The van der Waals surface area contributed by atoms with Crippen LogP contribution in [0.15, 0.2) is 36.4 Å². The van der Waals surface area contributed by atoms with Gasteiger partial charge < -0.3 is 10.2 Å². The number of carbonyl (C=O) groups excluding carboxylic acids is 2. The number of hydrogen-bond acceptors (Lipinski definition) is 3. The van der Waals surface area contributed by atoms with Crippen molar-refractivity contribution in [2.75, 3.05) is 13.1 Å². The molecule has 4 nitrogen and oxygen atoms in total. The second-order valence-electron chi connectivity index (χ2n) is 6.38. The Kier molecular flexibility index (Phi) is 6.27. The fraction of sp³-hybridized carbons (Fsp3) is 0.368. The number of halogens is 2. The lowest BCUT2D eigenvalue weighted by Crippen LogP contribution is -2.46. The van der Waals surface area contributed by atoms with Crippen LogP contribution >= 0.6 is 22.9 Å². The van der Waals surface area contributed by atoms with E-state index < -0.39 is 0 Å². The normalized spacial score (nSPS) is 17.4. The molecule has 2 aromatic rings. The number of nitrogens with one attached hydrogen (secondary N) is 1. The summed E-state index contributed by atoms with van der Waals surface area (Å²) >= 11 is 7.33. The summed E-state index contributed by atoms with van der Waals surface area (Å²) in [7, 11) is 0. The van der Waals surface area contributed by atoms with Crippen LogP contribution in [0.5, 0.6) is 0 Å². The number of rotatable bonds is 6. The van der Waals surface area contributed by atoms with E-state index >= 15 is 0 Å². The predicted octanol–water partition coefficient (Wildman–Crippen LogP) is 3.64. The van der Waals surface area contributed by atoms with Crippen LogP contribution in [0.4, 0.5) is 4.39 Å². The fourth-order valence-corrected chi connectivity index (χ4v) is 4.09. The van der Waals surface area contributed by atoms with Crippen molar-refractivity contribution in [3.8, 4) is 0 Å². The molecular weight excluding hydrogens is 375 g/mol. The third-order valence-corrected chi connectivity index (χ3v) is 5.73. The third-order valence-electron chi connectivity index (χ3n) is 4.50. The van der Waals surface area contributed by atoms with Crippen LogP contribution in [0, 0.1) is 11.7 Å². The summed E-state index contributed by atoms with van der Waals surface area (Å²) in [5.74, 6) is -0.484. The van der Waals surface area contributed by atoms with Gasteiger partial charge in [0, 0.05) is 24.4 Å². The van der Waals surface area contributed by atoms with Gasteiger partial charge in [-0.05, 0) is 42.7 Å². The van der Waals surface area contributed by atoms with E-state index in [9.17, 15) is 14.0 Å². The molecule has 2 heterocycles. The van der Waals surface area contributed by atoms with Crippen molar-refractivity contribution in [3.63, 3.8) is 0 Å². The minimum Gasteiger partial charge on any atom is -0.351 e. The molecule has 3 rings (SSSR count). The van der Waals surface area contributed by atoms with Crippen LogP contribution in [-0.4, -0.2) is 29.8 Å². The van der Waals surface area contributed by atoms with Crippen LogP contribution in [0.2, 0.25) is 4.34 Å². The van der Waals surface area contributed by atoms with Crippen molar-refractivity contribution in [1.29, 1.82) is 0 Å². The topological polar surface area (TPSA) is 49.4 Å². The molecule has 26 heavy (non-hydrogen) atoms. The quantitative estimate of drug-likeness (QED) is 0.813. The Morgan fingerprint density at radius 1 is 1.35 bits per heavy atom. The van der Waals surface area contributed by atoms with Crippen LogP contribution in [0.25, 0.3) is 0 Å². The van der Waals surface area contributed by atoms with E-state index in [1.807, 2.05) is 12.1 Å². The first-order valence-corrected chi connectivity index (χ1v) is 9.75. The molecule has 1 atom stereocenters. The molecule has 1 fully saturated rings. The monoisotopic (exact) mass is 394 g/mol. The zero-order chi connectivity index (χ0) is 18.5. The predicted molar refractivity (Wildman–Crippen MR) is 101 cm³/mol. The SMILES string of the molecule is O=C(NCc1ccc(Cl)s1)[C@@H]1CCC(=O)N(CCc2cccc(F)c2)C1. The van der Waals surface area contributed by atoms with Crippen molar-refractivity contribution in [2.45, 2.75) is 25.8 Å². The van der Waals surface area contributed by atoms with Crippen molar-refractivity contribution in [1.82, 2.24) is 10.2 Å². The van der Waals surface area contributed by atoms with Gasteiger partial charge in [0.05, 0.1) is 16.8 Å². The van der Waals surface area contributed by atoms with Crippen LogP contribution in [0.1, 0.15) is 23.3 Å². The molecule has 0 spiro atoms. The van der Waals surface area contributed by atoms with Gasteiger partial charge in [-0.3, -0.25) is 9.59 Å². The summed E-state index contributed by atoms with van der Waals surface area (Å²) in [5, 5.41) is 2.92. The standard InChI is InChI=1S/C19H20ClFN2O2S/c20-17-6-5-16(26-17)11-22-19(25)14-4-7-18(24)23(12-14)9-8-13-2-1-3-15(21)10-13/h1-3,5-6,10,14H,4,7-9,11-12H2,(H,22,25)/t14-/m1/s1. The Hall–Kier alpha value is -1.92. The molecule has 1 aliphatic heterocycles. The summed E-state index contributed by atoms with van der Waals surface area (Å²) < 4.78 is 14.0. The number of benzene rings is 1. The molecule has 0 aliphatic carbocycles. The largest absolute Gasteiger partial charge is 0.351 e. The number of hydrogen-bond donors (Lipinski definition) is 1. The lowest BCUT2D eigenvalue weighted by atomic mass is 9.96. The number of carbonyl (C=O) groups is 2. The first-order chi connectivity index (χ1) is 12.5. The highest BCUT2D eigenvalue weighted by molar-refractivity contribution is 7.16. The Labute approximate surface area is 161 Å². The van der Waals surface area contributed by atoms with Gasteiger partial charge in [-0.2, -0.15) is 0 Å². The highest BCUT2D eigenvalue weighted by Crippen LogP contribution is 2.22. The lowest BCUT2D eigenvalue weighted by molar-refractivity contribution is -0.138. The Morgan fingerprint density at radius 2 is 2.19 bits per heavy atom. The van der Waals surface area contributed by atoms with E-state index in [0.717, 1.165) is 10.4 Å². The summed E-state index contributed by atoms with van der Waals surface area (Å²) in [6.45, 7) is 1.35. The van der Waals surface area contributed by atoms with Gasteiger partial charge in [-0.15, -0.1) is 11.3 Å². The van der Waals surface area contributed by atoms with Gasteiger partial charge in [-0.1, -0.05) is 23.7 Å². The summed E-state index contributed by atoms with van der Waals surface area (Å²) in [6, 6.07) is 10.1. The molecule has 0 unspecified atom stereocenters. The first kappa shape index (κ1) is 18.9. The third kappa shape index (κ3) is 5.05. The summed E-state index contributed by atoms with van der Waals surface area (Å²) in [4.78, 5) is 27.3. The van der Waals surface area contributed by atoms with Crippen LogP contribution in [0.3, 0.4) is 0 Å². The minimum absolute atomic E-state index is 0.0437. The second-order valence-corrected chi connectivity index (χ2v) is 8.18. The molecule has 2 amide bonds. The van der Waals surface area contributed by atoms with Crippen molar-refractivity contribution in [2.24, 2.45) is 5.92 Å². The number of thiophene rings is 1. The molecular formula is C19H20ClFN2O2S.